The monoisotopic (exact) mass is 276 g/mol. The van der Waals surface area contributed by atoms with Crippen LogP contribution in [0.15, 0.2) is 30.3 Å². The number of benzene rings is 1. The van der Waals surface area contributed by atoms with Crippen LogP contribution in [0.3, 0.4) is 0 Å². The fourth-order valence-corrected chi connectivity index (χ4v) is 1.72. The summed E-state index contributed by atoms with van der Waals surface area (Å²) in [5.41, 5.74) is 0.940. The van der Waals surface area contributed by atoms with E-state index in [-0.39, 0.29) is 19.3 Å². The molecule has 7 heteroatoms. The van der Waals surface area contributed by atoms with Crippen LogP contribution in [0, 0.1) is 0 Å². The van der Waals surface area contributed by atoms with Crippen LogP contribution < -0.4 is 0 Å². The van der Waals surface area contributed by atoms with E-state index in [1.807, 2.05) is 30.3 Å². The summed E-state index contributed by atoms with van der Waals surface area (Å²) in [7, 11) is -2.86. The van der Waals surface area contributed by atoms with Crippen molar-refractivity contribution in [3.05, 3.63) is 35.9 Å². The van der Waals surface area contributed by atoms with Crippen LogP contribution in [0.4, 0.5) is 0 Å². The van der Waals surface area contributed by atoms with Crippen molar-refractivity contribution in [2.75, 3.05) is 26.9 Å². The molecular formula is C11H17O6P. The van der Waals surface area contributed by atoms with Crippen LogP contribution in [-0.2, 0) is 18.6 Å². The van der Waals surface area contributed by atoms with Crippen molar-refractivity contribution in [1.82, 2.24) is 0 Å². The number of hydrogen-bond donors (Lipinski definition) is 2. The van der Waals surface area contributed by atoms with E-state index in [0.29, 0.717) is 6.61 Å². The predicted molar refractivity (Wildman–Crippen MR) is 65.0 cm³/mol. The molecule has 1 aromatic carbocycles. The molecule has 1 aromatic rings. The lowest BCUT2D eigenvalue weighted by atomic mass is 10.1. The number of rotatable bonds is 8. The number of methoxy groups -OCH3 is 1. The molecule has 2 N–H and O–H groups in total. The number of phosphoric acid groups is 1. The summed E-state index contributed by atoms with van der Waals surface area (Å²) < 4.78 is 25.3. The Hall–Kier alpha value is -0.750. The van der Waals surface area contributed by atoms with E-state index >= 15 is 0 Å². The van der Waals surface area contributed by atoms with Gasteiger partial charge in [-0.15, -0.1) is 0 Å². The molecular weight excluding hydrogens is 259 g/mol. The number of ether oxygens (including phenoxy) is 2. The Morgan fingerprint density at radius 2 is 1.89 bits per heavy atom. The first-order valence-electron chi connectivity index (χ1n) is 5.38. The van der Waals surface area contributed by atoms with Gasteiger partial charge >= 0.3 is 7.82 Å². The second kappa shape index (κ2) is 7.63. The third-order valence-corrected chi connectivity index (χ3v) is 2.67. The van der Waals surface area contributed by atoms with Gasteiger partial charge in [0.2, 0.25) is 0 Å². The fraction of sp³-hybridized carbons (Fsp3) is 0.455. The first kappa shape index (κ1) is 15.3. The molecule has 0 bridgehead atoms. The molecule has 0 radical (unpaired) electrons. The van der Waals surface area contributed by atoms with Gasteiger partial charge in [0.25, 0.3) is 0 Å². The summed E-state index contributed by atoms with van der Waals surface area (Å²) >= 11 is 0. The average Bonchev–Trinajstić information content (AvgIpc) is 2.33. The molecule has 1 unspecified atom stereocenters. The van der Waals surface area contributed by atoms with Crippen LogP contribution in [0.1, 0.15) is 11.7 Å². The second-order valence-electron chi connectivity index (χ2n) is 3.55. The van der Waals surface area contributed by atoms with E-state index in [1.165, 1.54) is 0 Å². The molecule has 102 valence electrons. The quantitative estimate of drug-likeness (QED) is 0.553. The second-order valence-corrected chi connectivity index (χ2v) is 4.79. The molecule has 0 aromatic heterocycles. The third-order valence-electron chi connectivity index (χ3n) is 2.15. The maximum Gasteiger partial charge on any atom is 0.469 e. The highest BCUT2D eigenvalue weighted by Gasteiger charge is 2.15. The van der Waals surface area contributed by atoms with Gasteiger partial charge in [-0.1, -0.05) is 30.3 Å². The van der Waals surface area contributed by atoms with Crippen molar-refractivity contribution < 1.29 is 28.3 Å². The van der Waals surface area contributed by atoms with Crippen molar-refractivity contribution in [3.63, 3.8) is 0 Å². The van der Waals surface area contributed by atoms with E-state index in [2.05, 4.69) is 4.52 Å². The van der Waals surface area contributed by atoms with Gasteiger partial charge in [0, 0.05) is 7.11 Å². The van der Waals surface area contributed by atoms with Gasteiger partial charge in [-0.2, -0.15) is 0 Å². The van der Waals surface area contributed by atoms with Crippen LogP contribution >= 0.6 is 7.82 Å². The first-order valence-corrected chi connectivity index (χ1v) is 6.91. The molecule has 1 atom stereocenters. The largest absolute Gasteiger partial charge is 0.469 e. The zero-order chi connectivity index (χ0) is 13.4. The number of phosphoric ester groups is 1. The van der Waals surface area contributed by atoms with Crippen LogP contribution in [0.5, 0.6) is 0 Å². The van der Waals surface area contributed by atoms with E-state index in [4.69, 9.17) is 19.3 Å². The zero-order valence-electron chi connectivity index (χ0n) is 10.1. The molecule has 6 nitrogen and oxygen atoms in total. The van der Waals surface area contributed by atoms with Crippen LogP contribution in [0.2, 0.25) is 0 Å². The third kappa shape index (κ3) is 6.26. The van der Waals surface area contributed by atoms with E-state index in [9.17, 15) is 4.57 Å². The zero-order valence-corrected chi connectivity index (χ0v) is 11.0. The minimum atomic E-state index is -4.42. The summed E-state index contributed by atoms with van der Waals surface area (Å²) in [6, 6.07) is 9.45. The highest BCUT2D eigenvalue weighted by atomic mass is 31.2. The van der Waals surface area contributed by atoms with Crippen molar-refractivity contribution in [1.29, 1.82) is 0 Å². The Bertz CT molecular complexity index is 376. The Kier molecular flexibility index (Phi) is 6.49. The van der Waals surface area contributed by atoms with Crippen molar-refractivity contribution >= 4 is 7.82 Å². The van der Waals surface area contributed by atoms with Crippen molar-refractivity contribution in [3.8, 4) is 0 Å². The highest BCUT2D eigenvalue weighted by Crippen LogP contribution is 2.35. The molecule has 0 heterocycles. The van der Waals surface area contributed by atoms with Crippen LogP contribution in [-0.4, -0.2) is 36.7 Å². The summed E-state index contributed by atoms with van der Waals surface area (Å²) in [5.74, 6) is 0. The standard InChI is InChI=1S/C11H17O6P/c1-15-9-11(10-5-3-2-4-6-10)16-7-8-17-18(12,13)14/h2-6,11H,7-9H2,1H3,(H2,12,13,14). The van der Waals surface area contributed by atoms with Crippen molar-refractivity contribution in [2.24, 2.45) is 0 Å². The minimum absolute atomic E-state index is 0.0774. The van der Waals surface area contributed by atoms with Crippen molar-refractivity contribution in [2.45, 2.75) is 6.10 Å². The summed E-state index contributed by atoms with van der Waals surface area (Å²) in [4.78, 5) is 17.0. The van der Waals surface area contributed by atoms with Gasteiger partial charge < -0.3 is 19.3 Å². The molecule has 0 saturated heterocycles. The van der Waals surface area contributed by atoms with Gasteiger partial charge in [-0.05, 0) is 5.56 Å². The van der Waals surface area contributed by atoms with Gasteiger partial charge in [-0.25, -0.2) is 4.57 Å². The van der Waals surface area contributed by atoms with Crippen LogP contribution in [0.25, 0.3) is 0 Å². The summed E-state index contributed by atoms with van der Waals surface area (Å²) in [6.45, 7) is 0.269. The molecule has 0 aliphatic heterocycles. The van der Waals surface area contributed by atoms with E-state index in [0.717, 1.165) is 5.56 Å². The highest BCUT2D eigenvalue weighted by molar-refractivity contribution is 7.46. The normalized spacial score (nSPS) is 13.5. The molecule has 18 heavy (non-hydrogen) atoms. The maximum atomic E-state index is 10.5. The Morgan fingerprint density at radius 3 is 2.44 bits per heavy atom. The molecule has 1 rings (SSSR count). The predicted octanol–water partition coefficient (Wildman–Crippen LogP) is 1.50. The lowest BCUT2D eigenvalue weighted by molar-refractivity contribution is -0.0168. The Balaban J connectivity index is 2.42. The number of hydrogen-bond acceptors (Lipinski definition) is 4. The molecule has 0 amide bonds. The lowest BCUT2D eigenvalue weighted by Gasteiger charge is -2.17. The topological polar surface area (TPSA) is 85.2 Å². The van der Waals surface area contributed by atoms with Gasteiger partial charge in [0.15, 0.2) is 0 Å². The SMILES string of the molecule is COCC(OCCOP(=O)(O)O)c1ccccc1. The lowest BCUT2D eigenvalue weighted by Crippen LogP contribution is -2.14. The summed E-state index contributed by atoms with van der Waals surface area (Å²) in [5, 5.41) is 0. The van der Waals surface area contributed by atoms with E-state index < -0.39 is 7.82 Å². The average molecular weight is 276 g/mol. The first-order chi connectivity index (χ1) is 8.53. The molecule has 0 fully saturated rings. The maximum absolute atomic E-state index is 10.5. The molecule has 0 saturated carbocycles. The minimum Gasteiger partial charge on any atom is -0.382 e. The molecule has 0 aliphatic rings. The van der Waals surface area contributed by atoms with Gasteiger partial charge in [0.05, 0.1) is 19.8 Å². The van der Waals surface area contributed by atoms with Gasteiger partial charge in [-0.3, -0.25) is 4.52 Å². The Labute approximate surface area is 106 Å². The van der Waals surface area contributed by atoms with E-state index in [1.54, 1.807) is 7.11 Å². The molecule has 0 aliphatic carbocycles. The smallest absolute Gasteiger partial charge is 0.382 e. The fourth-order valence-electron chi connectivity index (χ4n) is 1.41. The Morgan fingerprint density at radius 1 is 1.22 bits per heavy atom. The molecule has 0 spiro atoms. The summed E-state index contributed by atoms with van der Waals surface area (Å²) in [6.07, 6.45) is -0.281. The van der Waals surface area contributed by atoms with Gasteiger partial charge in [0.1, 0.15) is 6.10 Å².